The summed E-state index contributed by atoms with van der Waals surface area (Å²) in [6, 6.07) is 15.2. The first-order chi connectivity index (χ1) is 13.3. The van der Waals surface area contributed by atoms with Gasteiger partial charge < -0.3 is 0 Å². The third-order valence-corrected chi connectivity index (χ3v) is 10.4. The van der Waals surface area contributed by atoms with E-state index in [4.69, 9.17) is 0 Å². The predicted molar refractivity (Wildman–Crippen MR) is 107 cm³/mol. The Balaban J connectivity index is 2.07. The Morgan fingerprint density at radius 2 is 1.25 bits per heavy atom. The molecular formula is C21H24O5S2. The highest BCUT2D eigenvalue weighted by Crippen LogP contribution is 2.33. The number of carbonyl (C=O) groups excluding carboxylic acids is 1. The van der Waals surface area contributed by atoms with Gasteiger partial charge in [0.25, 0.3) is 0 Å². The van der Waals surface area contributed by atoms with Crippen molar-refractivity contribution in [3.05, 3.63) is 60.7 Å². The zero-order valence-corrected chi connectivity index (χ0v) is 17.2. The van der Waals surface area contributed by atoms with Crippen molar-refractivity contribution in [2.75, 3.05) is 0 Å². The monoisotopic (exact) mass is 420 g/mol. The normalized spacial score (nSPS) is 18.8. The Hall–Kier alpha value is -1.99. The van der Waals surface area contributed by atoms with Crippen LogP contribution >= 0.6 is 0 Å². The summed E-state index contributed by atoms with van der Waals surface area (Å²) in [5, 5.41) is 0. The van der Waals surface area contributed by atoms with Crippen molar-refractivity contribution in [2.45, 2.75) is 52.9 Å². The highest BCUT2D eigenvalue weighted by atomic mass is 32.3. The third kappa shape index (κ3) is 4.36. The van der Waals surface area contributed by atoms with Gasteiger partial charge >= 0.3 is 0 Å². The van der Waals surface area contributed by atoms with Crippen LogP contribution < -0.4 is 0 Å². The number of rotatable bonds is 6. The summed E-state index contributed by atoms with van der Waals surface area (Å²) in [7, 11) is -8.36. The van der Waals surface area contributed by atoms with Crippen molar-refractivity contribution in [2.24, 2.45) is 5.92 Å². The molecule has 2 aromatic rings. The largest absolute Gasteiger partial charge is 0.299 e. The number of carbonyl (C=O) groups is 1. The molecule has 1 atom stereocenters. The lowest BCUT2D eigenvalue weighted by molar-refractivity contribution is -0.122. The number of ketones is 1. The Labute approximate surface area is 166 Å². The summed E-state index contributed by atoms with van der Waals surface area (Å²) in [6.07, 6.45) is 3.20. The molecule has 0 unspecified atom stereocenters. The average Bonchev–Trinajstić information content (AvgIpc) is 2.91. The van der Waals surface area contributed by atoms with Gasteiger partial charge in [-0.15, -0.1) is 0 Å². The highest BCUT2D eigenvalue weighted by molar-refractivity contribution is 8.09. The predicted octanol–water partition coefficient (Wildman–Crippen LogP) is 3.80. The van der Waals surface area contributed by atoms with Crippen LogP contribution in [0.3, 0.4) is 0 Å². The SMILES string of the molecule is O=C1CCCCC[C@H]1CC(S(=O)(=O)c1ccccc1)S(=O)(=O)c1ccccc1. The van der Waals surface area contributed by atoms with E-state index >= 15 is 0 Å². The van der Waals surface area contributed by atoms with Gasteiger partial charge in [0.1, 0.15) is 5.78 Å². The fraction of sp³-hybridized carbons (Fsp3) is 0.381. The first-order valence-electron chi connectivity index (χ1n) is 9.44. The van der Waals surface area contributed by atoms with E-state index in [1.807, 2.05) is 0 Å². The van der Waals surface area contributed by atoms with Crippen LogP contribution in [0.25, 0.3) is 0 Å². The molecule has 7 heteroatoms. The van der Waals surface area contributed by atoms with Crippen molar-refractivity contribution < 1.29 is 21.6 Å². The average molecular weight is 421 g/mol. The molecule has 0 saturated heterocycles. The molecule has 0 spiro atoms. The first-order valence-corrected chi connectivity index (χ1v) is 12.5. The maximum absolute atomic E-state index is 13.3. The fourth-order valence-electron chi connectivity index (χ4n) is 3.66. The van der Waals surface area contributed by atoms with E-state index in [0.717, 1.165) is 19.3 Å². The molecule has 1 aliphatic carbocycles. The van der Waals surface area contributed by atoms with E-state index in [1.54, 1.807) is 36.4 Å². The maximum atomic E-state index is 13.3. The highest BCUT2D eigenvalue weighted by Gasteiger charge is 2.42. The van der Waals surface area contributed by atoms with Crippen LogP contribution in [0.1, 0.15) is 38.5 Å². The van der Waals surface area contributed by atoms with Gasteiger partial charge in [0.2, 0.25) is 0 Å². The smallest absolute Gasteiger partial charge is 0.195 e. The van der Waals surface area contributed by atoms with Gasteiger partial charge in [0.15, 0.2) is 24.3 Å². The zero-order chi connectivity index (χ0) is 20.2. The summed E-state index contributed by atoms with van der Waals surface area (Å²) in [4.78, 5) is 12.4. The summed E-state index contributed by atoms with van der Waals surface area (Å²) in [6.45, 7) is 0. The van der Waals surface area contributed by atoms with E-state index in [0.29, 0.717) is 12.8 Å². The van der Waals surface area contributed by atoms with E-state index in [1.165, 1.54) is 24.3 Å². The van der Waals surface area contributed by atoms with Crippen molar-refractivity contribution in [1.82, 2.24) is 0 Å². The van der Waals surface area contributed by atoms with Gasteiger partial charge in [-0.25, -0.2) is 16.8 Å². The topological polar surface area (TPSA) is 85.3 Å². The number of sulfone groups is 2. The molecule has 5 nitrogen and oxygen atoms in total. The molecule has 1 fully saturated rings. The molecule has 0 radical (unpaired) electrons. The number of hydrogen-bond donors (Lipinski definition) is 0. The van der Waals surface area contributed by atoms with Crippen molar-refractivity contribution >= 4 is 25.5 Å². The number of hydrogen-bond acceptors (Lipinski definition) is 5. The van der Waals surface area contributed by atoms with Crippen LogP contribution in [-0.2, 0) is 24.5 Å². The van der Waals surface area contributed by atoms with E-state index in [2.05, 4.69) is 0 Å². The second-order valence-corrected chi connectivity index (χ2v) is 11.7. The summed E-state index contributed by atoms with van der Waals surface area (Å²) in [5.41, 5.74) is 0. The van der Waals surface area contributed by atoms with Crippen molar-refractivity contribution in [1.29, 1.82) is 0 Å². The van der Waals surface area contributed by atoms with Crippen molar-refractivity contribution in [3.63, 3.8) is 0 Å². The quantitative estimate of drug-likeness (QED) is 0.664. The lowest BCUT2D eigenvalue weighted by atomic mass is 9.96. The third-order valence-electron chi connectivity index (χ3n) is 5.24. The van der Waals surface area contributed by atoms with Crippen LogP contribution in [0.15, 0.2) is 70.5 Å². The first kappa shape index (κ1) is 20.7. The van der Waals surface area contributed by atoms with Gasteiger partial charge in [-0.1, -0.05) is 49.2 Å². The van der Waals surface area contributed by atoms with Gasteiger partial charge in [-0.3, -0.25) is 4.79 Å². The summed E-state index contributed by atoms with van der Waals surface area (Å²) >= 11 is 0. The second kappa shape index (κ2) is 8.57. The summed E-state index contributed by atoms with van der Waals surface area (Å²) in [5.74, 6) is -0.585. The van der Waals surface area contributed by atoms with Crippen molar-refractivity contribution in [3.8, 4) is 0 Å². The van der Waals surface area contributed by atoms with Crippen LogP contribution in [0.2, 0.25) is 0 Å². The molecule has 3 rings (SSSR count). The molecular weight excluding hydrogens is 396 g/mol. The number of Topliss-reactive ketones (excluding diaryl/α,β-unsaturated/α-hetero) is 1. The minimum Gasteiger partial charge on any atom is -0.299 e. The standard InChI is InChI=1S/C21H24O5S2/c22-20-15-9-1-4-10-17(20)16-21(27(23,24)18-11-5-2-6-12-18)28(25,26)19-13-7-3-8-14-19/h2-3,5-8,11-14,17,21H,1,4,9-10,15-16H2/t17-/m0/s1. The molecule has 1 aliphatic rings. The maximum Gasteiger partial charge on any atom is 0.195 e. The Morgan fingerprint density at radius 3 is 1.75 bits per heavy atom. The Kier molecular flexibility index (Phi) is 6.35. The van der Waals surface area contributed by atoms with Gasteiger partial charge in [-0.2, -0.15) is 0 Å². The lowest BCUT2D eigenvalue weighted by Gasteiger charge is -2.22. The molecule has 0 amide bonds. The van der Waals surface area contributed by atoms with E-state index in [-0.39, 0.29) is 22.0 Å². The Bertz CT molecular complexity index is 943. The molecule has 0 bridgehead atoms. The molecule has 28 heavy (non-hydrogen) atoms. The Morgan fingerprint density at radius 1 is 0.750 bits per heavy atom. The molecule has 0 N–H and O–H groups in total. The van der Waals surface area contributed by atoms with Gasteiger partial charge in [0.05, 0.1) is 9.79 Å². The molecule has 1 saturated carbocycles. The zero-order valence-electron chi connectivity index (χ0n) is 15.5. The molecule has 0 aromatic heterocycles. The van der Waals surface area contributed by atoms with Crippen LogP contribution in [0.4, 0.5) is 0 Å². The van der Waals surface area contributed by atoms with Crippen LogP contribution in [-0.4, -0.2) is 27.2 Å². The van der Waals surface area contributed by atoms with Gasteiger partial charge in [0, 0.05) is 12.3 Å². The van der Waals surface area contributed by atoms with Crippen LogP contribution in [0, 0.1) is 5.92 Å². The molecule has 0 heterocycles. The second-order valence-electron chi connectivity index (χ2n) is 7.14. The molecule has 150 valence electrons. The minimum absolute atomic E-state index is 0.0333. The van der Waals surface area contributed by atoms with E-state index < -0.39 is 30.2 Å². The van der Waals surface area contributed by atoms with Crippen LogP contribution in [0.5, 0.6) is 0 Å². The lowest BCUT2D eigenvalue weighted by Crippen LogP contribution is -2.34. The van der Waals surface area contributed by atoms with E-state index in [9.17, 15) is 21.6 Å². The summed E-state index contributed by atoms with van der Waals surface area (Å²) < 4.78 is 51.6. The minimum atomic E-state index is -4.18. The fourth-order valence-corrected chi connectivity index (χ4v) is 8.31. The molecule has 0 aliphatic heterocycles. The number of benzene rings is 2. The van der Waals surface area contributed by atoms with Gasteiger partial charge in [-0.05, 0) is 43.5 Å². The molecule has 2 aromatic carbocycles.